The highest BCUT2D eigenvalue weighted by atomic mass is 79.9. The maximum Gasteiger partial charge on any atom is 0.276 e. The SMILES string of the molecule is Cn1nc(C(=O)Nc2ccc3c(c2)CNC3)c2cc(Br)ccc21. The topological polar surface area (TPSA) is 59.0 Å². The van der Waals surface area contributed by atoms with Crippen molar-refractivity contribution in [3.63, 3.8) is 0 Å². The summed E-state index contributed by atoms with van der Waals surface area (Å²) in [4.78, 5) is 12.6. The first-order chi connectivity index (χ1) is 11.1. The second-order valence-electron chi connectivity index (χ2n) is 5.67. The molecule has 4 rings (SSSR count). The summed E-state index contributed by atoms with van der Waals surface area (Å²) >= 11 is 3.45. The zero-order valence-electron chi connectivity index (χ0n) is 12.6. The molecule has 0 saturated heterocycles. The molecule has 6 heteroatoms. The van der Waals surface area contributed by atoms with Crippen molar-refractivity contribution in [2.75, 3.05) is 5.32 Å². The molecule has 0 spiro atoms. The molecule has 2 N–H and O–H groups in total. The van der Waals surface area contributed by atoms with E-state index in [0.717, 1.165) is 34.2 Å². The van der Waals surface area contributed by atoms with Gasteiger partial charge in [0.15, 0.2) is 5.69 Å². The van der Waals surface area contributed by atoms with Gasteiger partial charge in [-0.25, -0.2) is 0 Å². The fourth-order valence-corrected chi connectivity index (χ4v) is 3.33. The smallest absolute Gasteiger partial charge is 0.276 e. The van der Waals surface area contributed by atoms with Crippen molar-refractivity contribution in [3.8, 4) is 0 Å². The summed E-state index contributed by atoms with van der Waals surface area (Å²) in [6, 6.07) is 11.8. The van der Waals surface area contributed by atoms with Crippen LogP contribution in [0.4, 0.5) is 5.69 Å². The molecule has 1 aliphatic rings. The predicted molar refractivity (Wildman–Crippen MR) is 93.4 cm³/mol. The Labute approximate surface area is 141 Å². The number of fused-ring (bicyclic) bond motifs is 2. The van der Waals surface area contributed by atoms with Crippen molar-refractivity contribution in [2.45, 2.75) is 13.1 Å². The molecule has 1 amide bonds. The van der Waals surface area contributed by atoms with Crippen LogP contribution >= 0.6 is 15.9 Å². The van der Waals surface area contributed by atoms with Crippen LogP contribution in [0.15, 0.2) is 40.9 Å². The molecule has 0 atom stereocenters. The fraction of sp³-hybridized carbons (Fsp3) is 0.176. The molecule has 0 unspecified atom stereocenters. The highest BCUT2D eigenvalue weighted by Gasteiger charge is 2.17. The van der Waals surface area contributed by atoms with Gasteiger partial charge in [0.05, 0.1) is 5.52 Å². The highest BCUT2D eigenvalue weighted by molar-refractivity contribution is 9.10. The molecule has 2 heterocycles. The standard InChI is InChI=1S/C17H15BrN4O/c1-22-15-5-3-12(18)7-14(15)16(21-22)17(23)20-13-4-2-10-8-19-9-11(10)6-13/h2-7,19H,8-9H2,1H3,(H,20,23). The Morgan fingerprint density at radius 3 is 2.91 bits per heavy atom. The third kappa shape index (κ3) is 2.54. The first-order valence-electron chi connectivity index (χ1n) is 7.38. The summed E-state index contributed by atoms with van der Waals surface area (Å²) in [5.74, 6) is -0.195. The van der Waals surface area contributed by atoms with Crippen LogP contribution in [0, 0.1) is 0 Å². The number of carbonyl (C=O) groups excluding carboxylic acids is 1. The van der Waals surface area contributed by atoms with Crippen molar-refractivity contribution in [1.82, 2.24) is 15.1 Å². The minimum Gasteiger partial charge on any atom is -0.321 e. The number of amides is 1. The number of nitrogens with one attached hydrogen (secondary N) is 2. The van der Waals surface area contributed by atoms with Gasteiger partial charge >= 0.3 is 0 Å². The number of anilines is 1. The lowest BCUT2D eigenvalue weighted by Gasteiger charge is -2.06. The van der Waals surface area contributed by atoms with Gasteiger partial charge in [-0.05, 0) is 41.5 Å². The third-order valence-electron chi connectivity index (χ3n) is 4.12. The van der Waals surface area contributed by atoms with Crippen LogP contribution in [0.25, 0.3) is 10.9 Å². The maximum atomic E-state index is 12.6. The molecule has 2 aromatic carbocycles. The molecule has 0 radical (unpaired) electrons. The molecule has 3 aromatic rings. The van der Waals surface area contributed by atoms with E-state index in [-0.39, 0.29) is 5.91 Å². The Balaban J connectivity index is 1.68. The molecule has 0 aliphatic carbocycles. The zero-order valence-corrected chi connectivity index (χ0v) is 14.1. The monoisotopic (exact) mass is 370 g/mol. The van der Waals surface area contributed by atoms with Crippen molar-refractivity contribution in [1.29, 1.82) is 0 Å². The van der Waals surface area contributed by atoms with Gasteiger partial charge < -0.3 is 10.6 Å². The van der Waals surface area contributed by atoms with Crippen LogP contribution in [0.5, 0.6) is 0 Å². The number of nitrogens with zero attached hydrogens (tertiary/aromatic N) is 2. The maximum absolute atomic E-state index is 12.6. The van der Waals surface area contributed by atoms with Crippen LogP contribution in [0.2, 0.25) is 0 Å². The van der Waals surface area contributed by atoms with Crippen LogP contribution in [0.1, 0.15) is 21.6 Å². The minimum absolute atomic E-state index is 0.195. The predicted octanol–water partition coefficient (Wildman–Crippen LogP) is 3.19. The molecular formula is C17H15BrN4O. The Hall–Kier alpha value is -2.18. The Morgan fingerprint density at radius 1 is 1.22 bits per heavy atom. The van der Waals surface area contributed by atoms with E-state index in [1.807, 2.05) is 37.4 Å². The zero-order chi connectivity index (χ0) is 16.0. The van der Waals surface area contributed by atoms with Crippen molar-refractivity contribution in [3.05, 3.63) is 57.7 Å². The molecule has 0 saturated carbocycles. The van der Waals surface area contributed by atoms with Gasteiger partial charge in [-0.15, -0.1) is 0 Å². The van der Waals surface area contributed by atoms with E-state index in [1.165, 1.54) is 11.1 Å². The summed E-state index contributed by atoms with van der Waals surface area (Å²) in [7, 11) is 1.84. The number of hydrogen-bond donors (Lipinski definition) is 2. The number of hydrogen-bond acceptors (Lipinski definition) is 3. The average Bonchev–Trinajstić information content (AvgIpc) is 3.11. The first kappa shape index (κ1) is 14.4. The van der Waals surface area contributed by atoms with E-state index in [1.54, 1.807) is 4.68 Å². The fourth-order valence-electron chi connectivity index (χ4n) is 2.97. The molecular weight excluding hydrogens is 356 g/mol. The van der Waals surface area contributed by atoms with Gasteiger partial charge in [0.25, 0.3) is 5.91 Å². The van der Waals surface area contributed by atoms with E-state index in [2.05, 4.69) is 37.7 Å². The largest absolute Gasteiger partial charge is 0.321 e. The molecule has 0 fully saturated rings. The number of benzene rings is 2. The molecule has 1 aromatic heterocycles. The van der Waals surface area contributed by atoms with Crippen molar-refractivity contribution in [2.24, 2.45) is 7.05 Å². The molecule has 5 nitrogen and oxygen atoms in total. The molecule has 0 bridgehead atoms. The van der Waals surface area contributed by atoms with E-state index < -0.39 is 0 Å². The minimum atomic E-state index is -0.195. The summed E-state index contributed by atoms with van der Waals surface area (Å²) in [6.45, 7) is 1.74. The van der Waals surface area contributed by atoms with Crippen LogP contribution < -0.4 is 10.6 Å². The summed E-state index contributed by atoms with van der Waals surface area (Å²) in [6.07, 6.45) is 0. The Kier molecular flexibility index (Phi) is 3.43. The lowest BCUT2D eigenvalue weighted by Crippen LogP contribution is -2.13. The van der Waals surface area contributed by atoms with E-state index >= 15 is 0 Å². The van der Waals surface area contributed by atoms with E-state index in [4.69, 9.17) is 0 Å². The van der Waals surface area contributed by atoms with Gasteiger partial charge in [-0.3, -0.25) is 9.48 Å². The van der Waals surface area contributed by atoms with E-state index in [0.29, 0.717) is 5.69 Å². The highest BCUT2D eigenvalue weighted by Crippen LogP contribution is 2.24. The molecule has 23 heavy (non-hydrogen) atoms. The quantitative estimate of drug-likeness (QED) is 0.728. The summed E-state index contributed by atoms with van der Waals surface area (Å²) in [5.41, 5.74) is 4.68. The number of halogens is 1. The van der Waals surface area contributed by atoms with Gasteiger partial charge in [-0.2, -0.15) is 5.10 Å². The number of carbonyl (C=O) groups is 1. The van der Waals surface area contributed by atoms with Crippen LogP contribution in [0.3, 0.4) is 0 Å². The summed E-state index contributed by atoms with van der Waals surface area (Å²) in [5, 5.41) is 11.5. The lowest BCUT2D eigenvalue weighted by molar-refractivity contribution is 0.102. The molecule has 116 valence electrons. The number of aryl methyl sites for hydroxylation is 1. The summed E-state index contributed by atoms with van der Waals surface area (Å²) < 4.78 is 2.65. The Bertz CT molecular complexity index is 932. The van der Waals surface area contributed by atoms with Gasteiger partial charge in [0.2, 0.25) is 0 Å². The van der Waals surface area contributed by atoms with Crippen LogP contribution in [-0.2, 0) is 20.1 Å². The van der Waals surface area contributed by atoms with Crippen LogP contribution in [-0.4, -0.2) is 15.7 Å². The lowest BCUT2D eigenvalue weighted by atomic mass is 10.1. The first-order valence-corrected chi connectivity index (χ1v) is 8.17. The Morgan fingerprint density at radius 2 is 2.04 bits per heavy atom. The van der Waals surface area contributed by atoms with E-state index in [9.17, 15) is 4.79 Å². The normalized spacial score (nSPS) is 13.3. The number of rotatable bonds is 2. The van der Waals surface area contributed by atoms with Gasteiger partial charge in [0.1, 0.15) is 0 Å². The molecule has 1 aliphatic heterocycles. The number of aromatic nitrogens is 2. The average molecular weight is 371 g/mol. The van der Waals surface area contributed by atoms with Crippen molar-refractivity contribution < 1.29 is 4.79 Å². The van der Waals surface area contributed by atoms with Gasteiger partial charge in [-0.1, -0.05) is 22.0 Å². The third-order valence-corrected chi connectivity index (χ3v) is 4.62. The van der Waals surface area contributed by atoms with Crippen molar-refractivity contribution >= 4 is 38.4 Å². The second kappa shape index (κ2) is 5.47. The van der Waals surface area contributed by atoms with Gasteiger partial charge in [0, 0.05) is 35.7 Å². The second-order valence-corrected chi connectivity index (χ2v) is 6.59.